The second-order valence-electron chi connectivity index (χ2n) is 5.39. The largest absolute Gasteiger partial charge is 0.384 e. The van der Waals surface area contributed by atoms with Crippen molar-refractivity contribution < 1.29 is 13.2 Å². The summed E-state index contributed by atoms with van der Waals surface area (Å²) in [7, 11) is -1.78. The summed E-state index contributed by atoms with van der Waals surface area (Å²) in [4.78, 5) is 0.351. The molecule has 0 radical (unpaired) electrons. The van der Waals surface area contributed by atoms with Gasteiger partial charge in [0.15, 0.2) is 0 Å². The van der Waals surface area contributed by atoms with Gasteiger partial charge in [-0.2, -0.15) is 4.31 Å². The van der Waals surface area contributed by atoms with Crippen LogP contribution in [0.15, 0.2) is 29.2 Å². The lowest BCUT2D eigenvalue weighted by Gasteiger charge is -2.33. The maximum atomic E-state index is 12.7. The molecule has 1 aromatic rings. The molecule has 0 amide bonds. The molecular weight excluding hydrogens is 324 g/mol. The number of sulfonamides is 1. The summed E-state index contributed by atoms with van der Waals surface area (Å²) >= 11 is 0. The molecule has 0 bridgehead atoms. The molecule has 1 saturated heterocycles. The Morgan fingerprint density at radius 1 is 1.27 bits per heavy atom. The molecule has 7 heteroatoms. The van der Waals surface area contributed by atoms with Crippen molar-refractivity contribution in [3.05, 3.63) is 29.8 Å². The van der Waals surface area contributed by atoms with Gasteiger partial charge in [0.2, 0.25) is 10.0 Å². The lowest BCUT2D eigenvalue weighted by Crippen LogP contribution is -2.47. The summed E-state index contributed by atoms with van der Waals surface area (Å²) in [6.07, 6.45) is 3.58. The number of nitrogens with two attached hydrogens (primary N) is 1. The van der Waals surface area contributed by atoms with Gasteiger partial charge in [-0.1, -0.05) is 18.6 Å². The van der Waals surface area contributed by atoms with Crippen LogP contribution in [0.3, 0.4) is 0 Å². The molecule has 1 aliphatic heterocycles. The number of benzene rings is 1. The smallest absolute Gasteiger partial charge is 0.243 e. The van der Waals surface area contributed by atoms with E-state index in [2.05, 4.69) is 0 Å². The van der Waals surface area contributed by atoms with Gasteiger partial charge in [-0.3, -0.25) is 0 Å². The Morgan fingerprint density at radius 2 is 1.95 bits per heavy atom. The lowest BCUT2D eigenvalue weighted by molar-refractivity contribution is 0.202. The third-order valence-electron chi connectivity index (χ3n) is 3.97. The number of nitrogens with zero attached hydrogens (tertiary/aromatic N) is 1. The van der Waals surface area contributed by atoms with E-state index in [0.717, 1.165) is 31.2 Å². The van der Waals surface area contributed by atoms with Crippen LogP contribution >= 0.6 is 12.4 Å². The molecule has 1 unspecified atom stereocenters. The van der Waals surface area contributed by atoms with Crippen LogP contribution in [0.4, 0.5) is 0 Å². The molecule has 0 saturated carbocycles. The molecular formula is C15H25ClN2O3S. The van der Waals surface area contributed by atoms with Gasteiger partial charge in [-0.15, -0.1) is 12.4 Å². The monoisotopic (exact) mass is 348 g/mol. The van der Waals surface area contributed by atoms with Crippen molar-refractivity contribution in [1.29, 1.82) is 0 Å². The Kier molecular flexibility index (Phi) is 7.79. The summed E-state index contributed by atoms with van der Waals surface area (Å²) in [5.41, 5.74) is 6.80. The first-order valence-electron chi connectivity index (χ1n) is 7.39. The molecule has 126 valence electrons. The molecule has 1 atom stereocenters. The first kappa shape index (κ1) is 19.4. The van der Waals surface area contributed by atoms with Crippen molar-refractivity contribution in [2.75, 3.05) is 26.8 Å². The average molecular weight is 349 g/mol. The van der Waals surface area contributed by atoms with E-state index in [1.54, 1.807) is 23.5 Å². The number of ether oxygens (including phenoxy) is 1. The molecule has 1 aromatic carbocycles. The number of hydrogen-bond acceptors (Lipinski definition) is 4. The Morgan fingerprint density at radius 3 is 2.55 bits per heavy atom. The van der Waals surface area contributed by atoms with E-state index in [-0.39, 0.29) is 18.4 Å². The van der Waals surface area contributed by atoms with Gasteiger partial charge >= 0.3 is 0 Å². The first-order valence-corrected chi connectivity index (χ1v) is 8.83. The van der Waals surface area contributed by atoms with Crippen molar-refractivity contribution in [1.82, 2.24) is 4.31 Å². The summed E-state index contributed by atoms with van der Waals surface area (Å²) in [5.74, 6) is 0. The molecule has 2 rings (SSSR count). The summed E-state index contributed by atoms with van der Waals surface area (Å²) in [5, 5.41) is 0. The van der Waals surface area contributed by atoms with Gasteiger partial charge in [0.1, 0.15) is 0 Å². The highest BCUT2D eigenvalue weighted by Gasteiger charge is 2.32. The van der Waals surface area contributed by atoms with E-state index in [4.69, 9.17) is 10.5 Å². The van der Waals surface area contributed by atoms with Crippen LogP contribution in [-0.4, -0.2) is 45.6 Å². The van der Waals surface area contributed by atoms with Gasteiger partial charge in [-0.05, 0) is 37.0 Å². The molecule has 1 fully saturated rings. The molecule has 2 N–H and O–H groups in total. The molecule has 1 aliphatic rings. The van der Waals surface area contributed by atoms with Gasteiger partial charge in [0, 0.05) is 26.2 Å². The molecule has 0 spiro atoms. The maximum absolute atomic E-state index is 12.7. The molecule has 0 aliphatic carbocycles. The van der Waals surface area contributed by atoms with Crippen LogP contribution in [0.1, 0.15) is 24.8 Å². The molecule has 1 heterocycles. The highest BCUT2D eigenvalue weighted by molar-refractivity contribution is 7.89. The number of hydrogen-bond donors (Lipinski definition) is 1. The summed E-state index contributed by atoms with van der Waals surface area (Å²) in [6, 6.07) is 7.00. The Bertz CT molecular complexity index is 548. The minimum absolute atomic E-state index is 0. The second kappa shape index (κ2) is 8.84. The standard InChI is InChI=1S/C15H24N2O3S.ClH/c1-20-11-9-13-5-7-15(8-6-13)21(18,19)17-10-3-2-4-14(17)12-16;/h5-8,14H,2-4,9-12,16H2,1H3;1H. The van der Waals surface area contributed by atoms with Crippen LogP contribution in [0.2, 0.25) is 0 Å². The molecule has 22 heavy (non-hydrogen) atoms. The fourth-order valence-corrected chi connectivity index (χ4v) is 4.41. The average Bonchev–Trinajstić information content (AvgIpc) is 2.53. The first-order chi connectivity index (χ1) is 10.1. The minimum atomic E-state index is -3.44. The highest BCUT2D eigenvalue weighted by Crippen LogP contribution is 2.25. The molecule has 0 aromatic heterocycles. The topological polar surface area (TPSA) is 72.6 Å². The van der Waals surface area contributed by atoms with Gasteiger partial charge < -0.3 is 10.5 Å². The van der Waals surface area contributed by atoms with Crippen LogP contribution in [0.5, 0.6) is 0 Å². The zero-order valence-corrected chi connectivity index (χ0v) is 14.5. The van der Waals surface area contributed by atoms with Crippen molar-refractivity contribution in [3.63, 3.8) is 0 Å². The second-order valence-corrected chi connectivity index (χ2v) is 7.28. The third kappa shape index (κ3) is 4.43. The van der Waals surface area contributed by atoms with Gasteiger partial charge in [-0.25, -0.2) is 8.42 Å². The predicted octanol–water partition coefficient (Wildman–Crippen LogP) is 1.80. The zero-order valence-electron chi connectivity index (χ0n) is 12.9. The van der Waals surface area contributed by atoms with Crippen molar-refractivity contribution in [2.45, 2.75) is 36.6 Å². The van der Waals surface area contributed by atoms with Crippen molar-refractivity contribution in [2.24, 2.45) is 5.73 Å². The van der Waals surface area contributed by atoms with Gasteiger partial charge in [0.25, 0.3) is 0 Å². The van der Waals surface area contributed by atoms with Crippen molar-refractivity contribution >= 4 is 22.4 Å². The Labute approximate surface area is 139 Å². The SMILES string of the molecule is COCCc1ccc(S(=O)(=O)N2CCCCC2CN)cc1.Cl. The van der Waals surface area contributed by atoms with E-state index >= 15 is 0 Å². The van der Waals surface area contributed by atoms with E-state index in [9.17, 15) is 8.42 Å². The van der Waals surface area contributed by atoms with Crippen LogP contribution in [0.25, 0.3) is 0 Å². The van der Waals surface area contributed by atoms with Gasteiger partial charge in [0.05, 0.1) is 11.5 Å². The fourth-order valence-electron chi connectivity index (χ4n) is 2.71. The number of halogens is 1. The molecule has 5 nitrogen and oxygen atoms in total. The van der Waals surface area contributed by atoms with E-state index in [0.29, 0.717) is 24.6 Å². The maximum Gasteiger partial charge on any atom is 0.243 e. The van der Waals surface area contributed by atoms with E-state index < -0.39 is 10.0 Å². The highest BCUT2D eigenvalue weighted by atomic mass is 35.5. The number of rotatable bonds is 6. The Balaban J connectivity index is 0.00000242. The van der Waals surface area contributed by atoms with Crippen LogP contribution in [0, 0.1) is 0 Å². The quantitative estimate of drug-likeness (QED) is 0.850. The lowest BCUT2D eigenvalue weighted by atomic mass is 10.1. The Hall–Kier alpha value is -0.660. The summed E-state index contributed by atoms with van der Waals surface area (Å²) < 4.78 is 32.1. The number of piperidine rings is 1. The van der Waals surface area contributed by atoms with Crippen molar-refractivity contribution in [3.8, 4) is 0 Å². The fraction of sp³-hybridized carbons (Fsp3) is 0.600. The normalized spacial score (nSPS) is 19.6. The summed E-state index contributed by atoms with van der Waals surface area (Å²) in [6.45, 7) is 1.58. The van der Waals surface area contributed by atoms with E-state index in [1.165, 1.54) is 0 Å². The predicted molar refractivity (Wildman–Crippen MR) is 89.9 cm³/mol. The zero-order chi connectivity index (χ0) is 15.3. The number of methoxy groups -OCH3 is 1. The van der Waals surface area contributed by atoms with Crippen LogP contribution in [-0.2, 0) is 21.2 Å². The minimum Gasteiger partial charge on any atom is -0.384 e. The third-order valence-corrected chi connectivity index (χ3v) is 5.94. The van der Waals surface area contributed by atoms with Crippen LogP contribution < -0.4 is 5.73 Å². The van der Waals surface area contributed by atoms with E-state index in [1.807, 2.05) is 12.1 Å².